The summed E-state index contributed by atoms with van der Waals surface area (Å²) in [5.41, 5.74) is 0. The van der Waals surface area contributed by atoms with Gasteiger partial charge in [-0.05, 0) is 24.3 Å². The van der Waals surface area contributed by atoms with E-state index in [1.807, 2.05) is 0 Å². The van der Waals surface area contributed by atoms with E-state index in [4.69, 9.17) is 25.5 Å². The first-order valence-electron chi connectivity index (χ1n) is 5.16. The quantitative estimate of drug-likeness (QED) is 0.391. The fourth-order valence-electron chi connectivity index (χ4n) is 1.23. The van der Waals surface area contributed by atoms with Crippen LogP contribution in [0.3, 0.4) is 0 Å². The number of aliphatic hydroxyl groups is 3. The van der Waals surface area contributed by atoms with E-state index in [0.717, 1.165) is 12.2 Å². The number of aliphatic hydroxyl groups excluding tert-OH is 3. The number of hydrogen-bond donors (Lipinski definition) is 5. The molecule has 0 aromatic heterocycles. The van der Waals surface area contributed by atoms with E-state index >= 15 is 0 Å². The molecule has 6 nitrogen and oxygen atoms in total. The van der Waals surface area contributed by atoms with Crippen molar-refractivity contribution in [3.63, 3.8) is 0 Å². The van der Waals surface area contributed by atoms with Crippen LogP contribution in [0.5, 0.6) is 11.5 Å². The van der Waals surface area contributed by atoms with Crippen LogP contribution < -0.4 is 0 Å². The van der Waals surface area contributed by atoms with Gasteiger partial charge in [0.25, 0.3) is 0 Å². The van der Waals surface area contributed by atoms with Gasteiger partial charge in [-0.1, -0.05) is 12.1 Å². The lowest BCUT2D eigenvalue weighted by Gasteiger charge is -2.21. The van der Waals surface area contributed by atoms with Crippen LogP contribution in [0.15, 0.2) is 36.4 Å². The summed E-state index contributed by atoms with van der Waals surface area (Å²) in [7, 11) is 0. The molecule has 1 aromatic carbocycles. The summed E-state index contributed by atoms with van der Waals surface area (Å²) in [6, 6.07) is 6.15. The molecule has 0 amide bonds. The topological polar surface area (TPSA) is 118 Å². The lowest BCUT2D eigenvalue weighted by Crippen LogP contribution is -2.43. The van der Waals surface area contributed by atoms with Gasteiger partial charge in [-0.25, -0.2) is 0 Å². The number of aromatic hydroxyl groups is 2. The highest BCUT2D eigenvalue weighted by Crippen LogP contribution is 2.21. The Morgan fingerprint density at radius 3 is 1.83 bits per heavy atom. The number of ketones is 1. The van der Waals surface area contributed by atoms with Gasteiger partial charge < -0.3 is 25.5 Å². The standard InChI is InChI=1S/C6H8O4.C6H6O2/c7-3-1-2-4(8)6(10)5(3)9;7-5-3-1-2-4-6(5)8/h1-3,5-7,9-10H;1-4,7-8H/t3-,5+,6+;/m0./s1. The third-order valence-corrected chi connectivity index (χ3v) is 2.30. The molecule has 0 heterocycles. The number of carbonyl (C=O) groups excluding carboxylic acids is 1. The number of rotatable bonds is 0. The highest BCUT2D eigenvalue weighted by Gasteiger charge is 2.30. The maximum absolute atomic E-state index is 10.5. The summed E-state index contributed by atoms with van der Waals surface area (Å²) in [6.07, 6.45) is -1.77. The van der Waals surface area contributed by atoms with Crippen LogP contribution in [-0.4, -0.2) is 49.6 Å². The van der Waals surface area contributed by atoms with Crippen LogP contribution in [0.2, 0.25) is 0 Å². The molecule has 98 valence electrons. The Morgan fingerprint density at radius 2 is 1.44 bits per heavy atom. The molecule has 0 spiro atoms. The number of carbonyl (C=O) groups is 1. The van der Waals surface area contributed by atoms with Gasteiger partial charge in [0, 0.05) is 0 Å². The molecule has 0 bridgehead atoms. The van der Waals surface area contributed by atoms with Crippen LogP contribution >= 0.6 is 0 Å². The van der Waals surface area contributed by atoms with E-state index < -0.39 is 24.1 Å². The minimum absolute atomic E-state index is 0.0764. The van der Waals surface area contributed by atoms with Gasteiger partial charge in [0.15, 0.2) is 17.3 Å². The van der Waals surface area contributed by atoms with Crippen molar-refractivity contribution in [2.45, 2.75) is 18.3 Å². The first-order valence-corrected chi connectivity index (χ1v) is 5.16. The van der Waals surface area contributed by atoms with Crippen molar-refractivity contribution in [1.82, 2.24) is 0 Å². The molecule has 2 rings (SSSR count). The Balaban J connectivity index is 0.000000184. The summed E-state index contributed by atoms with van der Waals surface area (Å²) >= 11 is 0. The van der Waals surface area contributed by atoms with Crippen molar-refractivity contribution in [2.75, 3.05) is 0 Å². The molecule has 0 fully saturated rings. The smallest absolute Gasteiger partial charge is 0.186 e. The van der Waals surface area contributed by atoms with Crippen molar-refractivity contribution in [1.29, 1.82) is 0 Å². The normalized spacial score (nSPS) is 26.4. The fraction of sp³-hybridized carbons (Fsp3) is 0.250. The van der Waals surface area contributed by atoms with E-state index in [1.165, 1.54) is 12.1 Å². The summed E-state index contributed by atoms with van der Waals surface area (Å²) in [5.74, 6) is -0.724. The van der Waals surface area contributed by atoms with Crippen LogP contribution in [0.4, 0.5) is 0 Å². The number of para-hydroxylation sites is 2. The molecule has 1 aromatic rings. The molecule has 0 radical (unpaired) electrons. The first kappa shape index (κ1) is 14.2. The summed E-state index contributed by atoms with van der Waals surface area (Å²) < 4.78 is 0. The van der Waals surface area contributed by atoms with Crippen molar-refractivity contribution in [3.05, 3.63) is 36.4 Å². The Morgan fingerprint density at radius 1 is 0.944 bits per heavy atom. The number of phenols is 2. The van der Waals surface area contributed by atoms with Gasteiger partial charge in [0.1, 0.15) is 18.3 Å². The van der Waals surface area contributed by atoms with Gasteiger partial charge in [0.05, 0.1) is 0 Å². The monoisotopic (exact) mass is 254 g/mol. The second-order valence-corrected chi connectivity index (χ2v) is 3.68. The second-order valence-electron chi connectivity index (χ2n) is 3.68. The van der Waals surface area contributed by atoms with Gasteiger partial charge in [0.2, 0.25) is 0 Å². The molecule has 0 unspecified atom stereocenters. The zero-order valence-corrected chi connectivity index (χ0v) is 9.34. The maximum atomic E-state index is 10.5. The van der Waals surface area contributed by atoms with Crippen molar-refractivity contribution < 1.29 is 30.3 Å². The maximum Gasteiger partial charge on any atom is 0.186 e. The zero-order valence-electron chi connectivity index (χ0n) is 9.34. The third kappa shape index (κ3) is 3.56. The highest BCUT2D eigenvalue weighted by molar-refractivity contribution is 5.94. The average molecular weight is 254 g/mol. The van der Waals surface area contributed by atoms with E-state index in [0.29, 0.717) is 0 Å². The van der Waals surface area contributed by atoms with Crippen LogP contribution in [0, 0.1) is 0 Å². The van der Waals surface area contributed by atoms with E-state index in [9.17, 15) is 4.79 Å². The average Bonchev–Trinajstić information content (AvgIpc) is 2.36. The van der Waals surface area contributed by atoms with E-state index in [1.54, 1.807) is 12.1 Å². The lowest BCUT2D eigenvalue weighted by molar-refractivity contribution is -0.133. The molecular weight excluding hydrogens is 240 g/mol. The molecular formula is C12H14O6. The molecule has 0 saturated heterocycles. The molecule has 5 N–H and O–H groups in total. The molecule has 0 aliphatic heterocycles. The molecule has 18 heavy (non-hydrogen) atoms. The predicted molar refractivity (Wildman–Crippen MR) is 61.9 cm³/mol. The second kappa shape index (κ2) is 6.15. The zero-order chi connectivity index (χ0) is 13.7. The van der Waals surface area contributed by atoms with Crippen molar-refractivity contribution in [3.8, 4) is 11.5 Å². The lowest BCUT2D eigenvalue weighted by atomic mass is 9.98. The minimum atomic E-state index is -1.47. The molecule has 3 atom stereocenters. The van der Waals surface area contributed by atoms with Crippen molar-refractivity contribution in [2.24, 2.45) is 0 Å². The molecule has 1 aliphatic carbocycles. The van der Waals surface area contributed by atoms with E-state index in [2.05, 4.69) is 0 Å². The fourth-order valence-corrected chi connectivity index (χ4v) is 1.23. The Bertz CT molecular complexity index is 421. The largest absolute Gasteiger partial charge is 0.504 e. The van der Waals surface area contributed by atoms with Gasteiger partial charge >= 0.3 is 0 Å². The Kier molecular flexibility index (Phi) is 4.85. The summed E-state index contributed by atoms with van der Waals surface area (Å²) in [4.78, 5) is 10.5. The molecule has 6 heteroatoms. The Labute approximate surface area is 103 Å². The summed E-state index contributed by atoms with van der Waals surface area (Å²) in [6.45, 7) is 0. The predicted octanol–water partition coefficient (Wildman–Crippen LogP) is -0.694. The SMILES string of the molecule is O=C1C=C[C@H](O)[C@@H](O)[C@@H]1O.Oc1ccccc1O. The van der Waals surface area contributed by atoms with Crippen molar-refractivity contribution >= 4 is 5.78 Å². The molecule has 0 saturated carbocycles. The first-order chi connectivity index (χ1) is 8.43. The van der Waals surface area contributed by atoms with Crippen LogP contribution in [-0.2, 0) is 4.79 Å². The highest BCUT2D eigenvalue weighted by atomic mass is 16.4. The minimum Gasteiger partial charge on any atom is -0.504 e. The molecule has 1 aliphatic rings. The number of hydrogen-bond acceptors (Lipinski definition) is 6. The number of phenolic OH excluding ortho intramolecular Hbond substituents is 2. The summed E-state index contributed by atoms with van der Waals surface area (Å²) in [5, 5.41) is 43.8. The Hall–Kier alpha value is -1.89. The van der Waals surface area contributed by atoms with E-state index in [-0.39, 0.29) is 11.5 Å². The van der Waals surface area contributed by atoms with Crippen LogP contribution in [0.1, 0.15) is 0 Å². The third-order valence-electron chi connectivity index (χ3n) is 2.30. The van der Waals surface area contributed by atoms with Crippen LogP contribution in [0.25, 0.3) is 0 Å². The van der Waals surface area contributed by atoms with Gasteiger partial charge in [-0.3, -0.25) is 4.79 Å². The van der Waals surface area contributed by atoms with Gasteiger partial charge in [-0.2, -0.15) is 0 Å². The van der Waals surface area contributed by atoms with Gasteiger partial charge in [-0.15, -0.1) is 0 Å². The number of benzene rings is 1.